The molecule has 1 aromatic rings. The topological polar surface area (TPSA) is 29.5 Å². The van der Waals surface area contributed by atoms with Gasteiger partial charge in [0.25, 0.3) is 0 Å². The highest BCUT2D eigenvalue weighted by molar-refractivity contribution is 5.41. The standard InChI is InChI=1S/C12H18O2/c1-9-7-10(2)12(14-3)8-11(9)5-4-6-13/h7-8,13H,4-6H2,1-3H3. The van der Waals surface area contributed by atoms with Gasteiger partial charge in [0.1, 0.15) is 5.75 Å². The number of hydrogen-bond donors (Lipinski definition) is 1. The van der Waals surface area contributed by atoms with Crippen LogP contribution < -0.4 is 4.74 Å². The van der Waals surface area contributed by atoms with Gasteiger partial charge in [0, 0.05) is 6.61 Å². The number of ether oxygens (including phenoxy) is 1. The number of aryl methyl sites for hydroxylation is 3. The first-order valence-electron chi connectivity index (χ1n) is 4.94. The zero-order chi connectivity index (χ0) is 10.6. The molecule has 0 aliphatic heterocycles. The molecule has 1 rings (SSSR count). The summed E-state index contributed by atoms with van der Waals surface area (Å²) in [7, 11) is 1.69. The van der Waals surface area contributed by atoms with Crippen molar-refractivity contribution in [2.24, 2.45) is 0 Å². The molecule has 0 atom stereocenters. The quantitative estimate of drug-likeness (QED) is 0.796. The van der Waals surface area contributed by atoms with Crippen LogP contribution in [0, 0.1) is 13.8 Å². The fourth-order valence-corrected chi connectivity index (χ4v) is 1.63. The minimum Gasteiger partial charge on any atom is -0.496 e. The van der Waals surface area contributed by atoms with Gasteiger partial charge < -0.3 is 9.84 Å². The molecule has 78 valence electrons. The second kappa shape index (κ2) is 5.01. The summed E-state index contributed by atoms with van der Waals surface area (Å²) in [6.45, 7) is 4.39. The van der Waals surface area contributed by atoms with Crippen molar-refractivity contribution in [3.63, 3.8) is 0 Å². The predicted octanol–water partition coefficient (Wildman–Crippen LogP) is 2.24. The molecular formula is C12H18O2. The maximum Gasteiger partial charge on any atom is 0.122 e. The Labute approximate surface area is 85.5 Å². The first-order valence-corrected chi connectivity index (χ1v) is 4.94. The van der Waals surface area contributed by atoms with Crippen molar-refractivity contribution in [2.45, 2.75) is 26.7 Å². The highest BCUT2D eigenvalue weighted by atomic mass is 16.5. The lowest BCUT2D eigenvalue weighted by atomic mass is 10.0. The third-order valence-corrected chi connectivity index (χ3v) is 2.46. The summed E-state index contributed by atoms with van der Waals surface area (Å²) in [5, 5.41) is 8.77. The van der Waals surface area contributed by atoms with Crippen molar-refractivity contribution in [1.29, 1.82) is 0 Å². The van der Waals surface area contributed by atoms with E-state index >= 15 is 0 Å². The summed E-state index contributed by atoms with van der Waals surface area (Å²) in [6, 6.07) is 4.20. The van der Waals surface area contributed by atoms with Crippen LogP contribution in [0.15, 0.2) is 12.1 Å². The van der Waals surface area contributed by atoms with Gasteiger partial charge in [-0.05, 0) is 49.4 Å². The van der Waals surface area contributed by atoms with Crippen molar-refractivity contribution in [1.82, 2.24) is 0 Å². The maximum atomic E-state index is 8.77. The lowest BCUT2D eigenvalue weighted by Crippen LogP contribution is -1.96. The minimum atomic E-state index is 0.246. The normalized spacial score (nSPS) is 10.3. The molecule has 0 radical (unpaired) electrons. The largest absolute Gasteiger partial charge is 0.496 e. The molecule has 1 N–H and O–H groups in total. The molecule has 14 heavy (non-hydrogen) atoms. The number of methoxy groups -OCH3 is 1. The van der Waals surface area contributed by atoms with E-state index in [9.17, 15) is 0 Å². The third-order valence-electron chi connectivity index (χ3n) is 2.46. The van der Waals surface area contributed by atoms with Crippen LogP contribution >= 0.6 is 0 Å². The molecule has 0 saturated carbocycles. The van der Waals surface area contributed by atoms with Crippen molar-refractivity contribution in [3.05, 3.63) is 28.8 Å². The van der Waals surface area contributed by atoms with Crippen molar-refractivity contribution >= 4 is 0 Å². The van der Waals surface area contributed by atoms with Crippen LogP contribution in [0.4, 0.5) is 0 Å². The van der Waals surface area contributed by atoms with E-state index in [4.69, 9.17) is 9.84 Å². The lowest BCUT2D eigenvalue weighted by molar-refractivity contribution is 0.288. The summed E-state index contributed by atoms with van der Waals surface area (Å²) >= 11 is 0. The van der Waals surface area contributed by atoms with Crippen molar-refractivity contribution in [3.8, 4) is 5.75 Å². The summed E-state index contributed by atoms with van der Waals surface area (Å²) in [6.07, 6.45) is 1.73. The van der Waals surface area contributed by atoms with Crippen LogP contribution in [0.2, 0.25) is 0 Å². The van der Waals surface area contributed by atoms with Crippen molar-refractivity contribution in [2.75, 3.05) is 13.7 Å². The monoisotopic (exact) mass is 194 g/mol. The van der Waals surface area contributed by atoms with Crippen LogP contribution in [0.5, 0.6) is 5.75 Å². The molecule has 2 heteroatoms. The summed E-state index contributed by atoms with van der Waals surface area (Å²) in [4.78, 5) is 0. The molecule has 2 nitrogen and oxygen atoms in total. The smallest absolute Gasteiger partial charge is 0.122 e. The Balaban J connectivity index is 2.92. The Morgan fingerprint density at radius 1 is 1.21 bits per heavy atom. The number of aliphatic hydroxyl groups is 1. The first-order chi connectivity index (χ1) is 6.69. The SMILES string of the molecule is COc1cc(CCCO)c(C)cc1C. The Hall–Kier alpha value is -1.02. The molecule has 0 amide bonds. The van der Waals surface area contributed by atoms with Gasteiger partial charge in [-0.2, -0.15) is 0 Å². The zero-order valence-corrected chi connectivity index (χ0v) is 9.13. The number of hydrogen-bond acceptors (Lipinski definition) is 2. The summed E-state index contributed by atoms with van der Waals surface area (Å²) in [5.41, 5.74) is 3.70. The maximum absolute atomic E-state index is 8.77. The second-order valence-electron chi connectivity index (χ2n) is 3.58. The molecule has 0 saturated heterocycles. The van der Waals surface area contributed by atoms with E-state index in [2.05, 4.69) is 19.1 Å². The van der Waals surface area contributed by atoms with E-state index in [1.807, 2.05) is 6.92 Å². The molecule has 1 aromatic carbocycles. The van der Waals surface area contributed by atoms with Crippen LogP contribution in [0.1, 0.15) is 23.1 Å². The number of benzene rings is 1. The van der Waals surface area contributed by atoms with Gasteiger partial charge in [-0.25, -0.2) is 0 Å². The van der Waals surface area contributed by atoms with Crippen LogP contribution in [0.3, 0.4) is 0 Å². The predicted molar refractivity (Wildman–Crippen MR) is 57.9 cm³/mol. The zero-order valence-electron chi connectivity index (χ0n) is 9.13. The molecule has 0 spiro atoms. The van der Waals surface area contributed by atoms with Crippen LogP contribution in [-0.2, 0) is 6.42 Å². The second-order valence-corrected chi connectivity index (χ2v) is 3.58. The molecule has 0 unspecified atom stereocenters. The van der Waals surface area contributed by atoms with Gasteiger partial charge in [-0.1, -0.05) is 6.07 Å². The Kier molecular flexibility index (Phi) is 3.96. The molecule has 0 fully saturated rings. The fraction of sp³-hybridized carbons (Fsp3) is 0.500. The molecule has 0 aromatic heterocycles. The Morgan fingerprint density at radius 2 is 1.93 bits per heavy atom. The molecule has 0 aliphatic rings. The fourth-order valence-electron chi connectivity index (χ4n) is 1.63. The Morgan fingerprint density at radius 3 is 2.50 bits per heavy atom. The highest BCUT2D eigenvalue weighted by Gasteiger charge is 2.04. The van der Waals surface area contributed by atoms with Gasteiger partial charge in [0.15, 0.2) is 0 Å². The van der Waals surface area contributed by atoms with Crippen LogP contribution in [0.25, 0.3) is 0 Å². The van der Waals surface area contributed by atoms with E-state index in [1.54, 1.807) is 7.11 Å². The van der Waals surface area contributed by atoms with Gasteiger partial charge >= 0.3 is 0 Å². The third kappa shape index (κ3) is 2.48. The van der Waals surface area contributed by atoms with Gasteiger partial charge in [-0.15, -0.1) is 0 Å². The van der Waals surface area contributed by atoms with E-state index in [0.717, 1.165) is 24.2 Å². The molecule has 0 aliphatic carbocycles. The number of rotatable bonds is 4. The van der Waals surface area contributed by atoms with Gasteiger partial charge in [0.2, 0.25) is 0 Å². The average Bonchev–Trinajstić information content (AvgIpc) is 2.17. The van der Waals surface area contributed by atoms with Crippen LogP contribution in [-0.4, -0.2) is 18.8 Å². The molecule has 0 bridgehead atoms. The number of aliphatic hydroxyl groups excluding tert-OH is 1. The molecule has 0 heterocycles. The highest BCUT2D eigenvalue weighted by Crippen LogP contribution is 2.23. The van der Waals surface area contributed by atoms with Gasteiger partial charge in [0.05, 0.1) is 7.11 Å². The average molecular weight is 194 g/mol. The summed E-state index contributed by atoms with van der Waals surface area (Å²) in [5.74, 6) is 0.934. The molecular weight excluding hydrogens is 176 g/mol. The lowest BCUT2D eigenvalue weighted by Gasteiger charge is -2.10. The van der Waals surface area contributed by atoms with E-state index < -0.39 is 0 Å². The van der Waals surface area contributed by atoms with E-state index in [0.29, 0.717) is 0 Å². The van der Waals surface area contributed by atoms with E-state index in [-0.39, 0.29) is 6.61 Å². The first kappa shape index (κ1) is 11.1. The Bertz CT molecular complexity index is 305. The van der Waals surface area contributed by atoms with E-state index in [1.165, 1.54) is 11.1 Å². The minimum absolute atomic E-state index is 0.246. The summed E-state index contributed by atoms with van der Waals surface area (Å²) < 4.78 is 5.26. The van der Waals surface area contributed by atoms with Crippen molar-refractivity contribution < 1.29 is 9.84 Å². The van der Waals surface area contributed by atoms with Gasteiger partial charge in [-0.3, -0.25) is 0 Å².